The van der Waals surface area contributed by atoms with E-state index < -0.39 is 30.3 Å². The van der Waals surface area contributed by atoms with Crippen LogP contribution in [0.25, 0.3) is 0 Å². The second-order valence-electron chi connectivity index (χ2n) is 3.47. The molecule has 1 unspecified atom stereocenters. The van der Waals surface area contributed by atoms with E-state index >= 15 is 0 Å². The zero-order chi connectivity index (χ0) is 13.8. The fourth-order valence-electron chi connectivity index (χ4n) is 1.35. The number of halogens is 3. The van der Waals surface area contributed by atoms with Gasteiger partial charge in [0.15, 0.2) is 5.76 Å². The number of hydrogen-bond acceptors (Lipinski definition) is 4. The predicted octanol–water partition coefficient (Wildman–Crippen LogP) is 2.59. The Morgan fingerprint density at radius 2 is 2.11 bits per heavy atom. The molecule has 0 spiro atoms. The molecule has 1 rings (SSSR count). The van der Waals surface area contributed by atoms with Crippen LogP contribution in [0, 0.1) is 5.92 Å². The molecule has 0 aliphatic carbocycles. The van der Waals surface area contributed by atoms with Crippen molar-refractivity contribution in [3.8, 4) is 0 Å². The Kier molecular flexibility index (Phi) is 4.52. The Morgan fingerprint density at radius 3 is 2.56 bits per heavy atom. The Morgan fingerprint density at radius 1 is 1.44 bits per heavy atom. The molecule has 0 saturated heterocycles. The molecule has 0 radical (unpaired) electrons. The maximum Gasteiger partial charge on any atom is 0.390 e. The molecule has 18 heavy (non-hydrogen) atoms. The van der Waals surface area contributed by atoms with Crippen LogP contribution in [0.3, 0.4) is 0 Å². The highest BCUT2D eigenvalue weighted by Gasteiger charge is 2.41. The molecular formula is C11H11F3O4. The van der Waals surface area contributed by atoms with E-state index in [1.807, 2.05) is 0 Å². The lowest BCUT2D eigenvalue weighted by Crippen LogP contribution is -2.31. The summed E-state index contributed by atoms with van der Waals surface area (Å²) in [6.07, 6.45) is -5.06. The summed E-state index contributed by atoms with van der Waals surface area (Å²) in [5.41, 5.74) is 0. The van der Waals surface area contributed by atoms with E-state index in [9.17, 15) is 22.8 Å². The number of Topliss-reactive ketones (excluding diaryl/α,β-unsaturated/α-hetero) is 1. The third kappa shape index (κ3) is 3.90. The van der Waals surface area contributed by atoms with Crippen LogP contribution in [0.1, 0.15) is 23.9 Å². The SMILES string of the molecule is CCOC(=O)C(CC(F)(F)F)C(=O)c1ccco1. The molecule has 0 aliphatic heterocycles. The van der Waals surface area contributed by atoms with Crippen molar-refractivity contribution in [2.75, 3.05) is 6.61 Å². The van der Waals surface area contributed by atoms with Gasteiger partial charge >= 0.3 is 12.1 Å². The maximum absolute atomic E-state index is 12.3. The van der Waals surface area contributed by atoms with Crippen molar-refractivity contribution in [1.82, 2.24) is 0 Å². The van der Waals surface area contributed by atoms with Crippen LogP contribution in [0.2, 0.25) is 0 Å². The van der Waals surface area contributed by atoms with Gasteiger partial charge in [-0.25, -0.2) is 0 Å². The number of esters is 1. The zero-order valence-electron chi connectivity index (χ0n) is 9.49. The van der Waals surface area contributed by atoms with Crippen molar-refractivity contribution in [3.63, 3.8) is 0 Å². The summed E-state index contributed by atoms with van der Waals surface area (Å²) in [4.78, 5) is 23.1. The lowest BCUT2D eigenvalue weighted by atomic mass is 9.98. The Balaban J connectivity index is 2.90. The number of rotatable bonds is 5. The molecule has 1 aromatic rings. The van der Waals surface area contributed by atoms with Gasteiger partial charge in [-0.1, -0.05) is 0 Å². The Labute approximate surface area is 101 Å². The summed E-state index contributed by atoms with van der Waals surface area (Å²) < 4.78 is 46.1. The van der Waals surface area contributed by atoms with E-state index in [4.69, 9.17) is 4.42 Å². The third-order valence-corrected chi connectivity index (χ3v) is 2.09. The minimum atomic E-state index is -4.64. The van der Waals surface area contributed by atoms with E-state index in [2.05, 4.69) is 4.74 Å². The molecule has 1 atom stereocenters. The molecule has 100 valence electrons. The highest BCUT2D eigenvalue weighted by molar-refractivity contribution is 6.07. The molecule has 0 aromatic carbocycles. The van der Waals surface area contributed by atoms with E-state index in [0.717, 1.165) is 6.26 Å². The van der Waals surface area contributed by atoms with Gasteiger partial charge in [0.05, 0.1) is 19.3 Å². The molecule has 0 bridgehead atoms. The number of furan rings is 1. The molecule has 0 saturated carbocycles. The first-order chi connectivity index (χ1) is 8.35. The second kappa shape index (κ2) is 5.70. The lowest BCUT2D eigenvalue weighted by molar-refractivity contribution is -0.163. The minimum absolute atomic E-state index is 0.0986. The first-order valence-corrected chi connectivity index (χ1v) is 5.16. The summed E-state index contributed by atoms with van der Waals surface area (Å²) in [5, 5.41) is 0. The topological polar surface area (TPSA) is 56.5 Å². The molecule has 7 heteroatoms. The molecule has 0 N–H and O–H groups in total. The summed E-state index contributed by atoms with van der Waals surface area (Å²) in [6.45, 7) is 1.35. The fraction of sp³-hybridized carbons (Fsp3) is 0.455. The highest BCUT2D eigenvalue weighted by atomic mass is 19.4. The van der Waals surface area contributed by atoms with Crippen LogP contribution in [-0.2, 0) is 9.53 Å². The number of ether oxygens (including phenoxy) is 1. The first-order valence-electron chi connectivity index (χ1n) is 5.16. The van der Waals surface area contributed by atoms with Gasteiger partial charge in [0.2, 0.25) is 5.78 Å². The van der Waals surface area contributed by atoms with Gasteiger partial charge in [-0.2, -0.15) is 13.2 Å². The smallest absolute Gasteiger partial charge is 0.390 e. The van der Waals surface area contributed by atoms with Crippen LogP contribution in [0.5, 0.6) is 0 Å². The van der Waals surface area contributed by atoms with Crippen LogP contribution >= 0.6 is 0 Å². The van der Waals surface area contributed by atoms with Crippen LogP contribution in [0.4, 0.5) is 13.2 Å². The normalized spacial score (nSPS) is 13.1. The van der Waals surface area contributed by atoms with Gasteiger partial charge in [0, 0.05) is 0 Å². The summed E-state index contributed by atoms with van der Waals surface area (Å²) >= 11 is 0. The summed E-state index contributed by atoms with van der Waals surface area (Å²) in [7, 11) is 0. The number of alkyl halides is 3. The standard InChI is InChI=1S/C11H11F3O4/c1-2-17-10(16)7(6-11(12,13)14)9(15)8-4-3-5-18-8/h3-5,7H,2,6H2,1H3. The predicted molar refractivity (Wildman–Crippen MR) is 53.8 cm³/mol. The Hall–Kier alpha value is -1.79. The van der Waals surface area contributed by atoms with Crippen LogP contribution in [-0.4, -0.2) is 24.5 Å². The van der Waals surface area contributed by atoms with Gasteiger partial charge in [-0.05, 0) is 19.1 Å². The fourth-order valence-corrected chi connectivity index (χ4v) is 1.35. The number of hydrogen-bond donors (Lipinski definition) is 0. The molecule has 1 aromatic heterocycles. The van der Waals surface area contributed by atoms with Crippen molar-refractivity contribution in [1.29, 1.82) is 0 Å². The molecule has 1 heterocycles. The molecule has 0 aliphatic rings. The average Bonchev–Trinajstić information content (AvgIpc) is 2.77. The van der Waals surface area contributed by atoms with Crippen molar-refractivity contribution >= 4 is 11.8 Å². The number of ketones is 1. The largest absolute Gasteiger partial charge is 0.465 e. The molecule has 0 fully saturated rings. The highest BCUT2D eigenvalue weighted by Crippen LogP contribution is 2.28. The van der Waals surface area contributed by atoms with Crippen LogP contribution in [0.15, 0.2) is 22.8 Å². The molecular weight excluding hydrogens is 253 g/mol. The van der Waals surface area contributed by atoms with Gasteiger partial charge in [-0.15, -0.1) is 0 Å². The van der Waals surface area contributed by atoms with Crippen molar-refractivity contribution < 1.29 is 31.9 Å². The maximum atomic E-state index is 12.3. The van der Waals surface area contributed by atoms with Gasteiger partial charge in [0.25, 0.3) is 0 Å². The molecule has 4 nitrogen and oxygen atoms in total. The molecule has 0 amide bonds. The number of carbonyl (C=O) groups is 2. The van der Waals surface area contributed by atoms with Gasteiger partial charge in [-0.3, -0.25) is 9.59 Å². The number of carbonyl (C=O) groups excluding carboxylic acids is 2. The lowest BCUT2D eigenvalue weighted by Gasteiger charge is -2.15. The summed E-state index contributed by atoms with van der Waals surface area (Å²) in [6, 6.07) is 2.55. The average molecular weight is 264 g/mol. The minimum Gasteiger partial charge on any atom is -0.465 e. The first kappa shape index (κ1) is 14.3. The van der Waals surface area contributed by atoms with E-state index in [-0.39, 0.29) is 12.4 Å². The Bertz CT molecular complexity index is 408. The quantitative estimate of drug-likeness (QED) is 0.466. The van der Waals surface area contributed by atoms with Crippen molar-refractivity contribution in [3.05, 3.63) is 24.2 Å². The van der Waals surface area contributed by atoms with Gasteiger partial charge < -0.3 is 9.15 Å². The van der Waals surface area contributed by atoms with Gasteiger partial charge in [0.1, 0.15) is 5.92 Å². The van der Waals surface area contributed by atoms with Crippen molar-refractivity contribution in [2.24, 2.45) is 5.92 Å². The summed E-state index contributed by atoms with van der Waals surface area (Å²) in [5.74, 6) is -4.44. The van der Waals surface area contributed by atoms with E-state index in [0.29, 0.717) is 0 Å². The third-order valence-electron chi connectivity index (χ3n) is 2.09. The van der Waals surface area contributed by atoms with Crippen LogP contribution < -0.4 is 0 Å². The second-order valence-corrected chi connectivity index (χ2v) is 3.47. The zero-order valence-corrected chi connectivity index (χ0v) is 9.49. The van der Waals surface area contributed by atoms with E-state index in [1.54, 1.807) is 0 Å². The monoisotopic (exact) mass is 264 g/mol. The van der Waals surface area contributed by atoms with E-state index in [1.165, 1.54) is 19.1 Å². The van der Waals surface area contributed by atoms with Crippen molar-refractivity contribution in [2.45, 2.75) is 19.5 Å².